The molecule has 0 saturated heterocycles. The minimum absolute atomic E-state index is 0.127. The van der Waals surface area contributed by atoms with E-state index in [2.05, 4.69) is 4.57 Å². The molecule has 0 bridgehead atoms. The monoisotopic (exact) mass is 295 g/mol. The quantitative estimate of drug-likeness (QED) is 0.939. The van der Waals surface area contributed by atoms with Gasteiger partial charge in [0.15, 0.2) is 9.84 Å². The van der Waals surface area contributed by atoms with Gasteiger partial charge in [0.2, 0.25) is 0 Å². The van der Waals surface area contributed by atoms with E-state index in [4.69, 9.17) is 0 Å². The third kappa shape index (κ3) is 2.60. The van der Waals surface area contributed by atoms with Gasteiger partial charge in [-0.1, -0.05) is 6.92 Å². The Balaban J connectivity index is 2.69. The first-order valence-corrected chi connectivity index (χ1v) is 8.53. The maximum Gasteiger partial charge on any atom is 0.175 e. The van der Waals surface area contributed by atoms with Crippen molar-refractivity contribution in [1.82, 2.24) is 4.57 Å². The van der Waals surface area contributed by atoms with Crippen LogP contribution in [0.5, 0.6) is 0 Å². The molecule has 0 amide bonds. The lowest BCUT2D eigenvalue weighted by Crippen LogP contribution is -2.05. The molecule has 0 aliphatic carbocycles. The number of hydrogen-bond donors (Lipinski definition) is 1. The highest BCUT2D eigenvalue weighted by molar-refractivity contribution is 7.90. The first kappa shape index (κ1) is 15.1. The van der Waals surface area contributed by atoms with Crippen LogP contribution in [0, 0.1) is 12.8 Å². The molecule has 1 aromatic carbocycles. The lowest BCUT2D eigenvalue weighted by atomic mass is 9.99. The Labute approximate surface area is 120 Å². The number of nitrogens with zero attached hydrogens (tertiary/aromatic N) is 1. The second kappa shape index (κ2) is 5.22. The predicted molar refractivity (Wildman–Crippen MR) is 80.7 cm³/mol. The second-order valence-corrected chi connectivity index (χ2v) is 7.58. The number of hydrogen-bond acceptors (Lipinski definition) is 3. The minimum Gasteiger partial charge on any atom is -0.396 e. The maximum atomic E-state index is 11.7. The van der Waals surface area contributed by atoms with Crippen molar-refractivity contribution in [3.8, 4) is 0 Å². The fourth-order valence-corrected chi connectivity index (χ4v) is 3.18. The van der Waals surface area contributed by atoms with Gasteiger partial charge in [-0.3, -0.25) is 0 Å². The second-order valence-electron chi connectivity index (χ2n) is 5.57. The van der Waals surface area contributed by atoms with Crippen LogP contribution in [0.1, 0.15) is 18.2 Å². The number of aliphatic hydroxyl groups excluding tert-OH is 1. The first-order valence-electron chi connectivity index (χ1n) is 6.64. The van der Waals surface area contributed by atoms with Crippen molar-refractivity contribution in [2.24, 2.45) is 13.0 Å². The van der Waals surface area contributed by atoms with Crippen molar-refractivity contribution >= 4 is 20.7 Å². The molecule has 1 atom stereocenters. The van der Waals surface area contributed by atoms with E-state index in [0.29, 0.717) is 4.90 Å². The van der Waals surface area contributed by atoms with Gasteiger partial charge in [0.1, 0.15) is 0 Å². The zero-order valence-electron chi connectivity index (χ0n) is 12.3. The van der Waals surface area contributed by atoms with Crippen molar-refractivity contribution in [3.63, 3.8) is 0 Å². The summed E-state index contributed by atoms with van der Waals surface area (Å²) in [6, 6.07) is 5.25. The van der Waals surface area contributed by atoms with Crippen molar-refractivity contribution < 1.29 is 13.5 Å². The van der Waals surface area contributed by atoms with Crippen LogP contribution >= 0.6 is 0 Å². The average Bonchev–Trinajstić information content (AvgIpc) is 2.62. The SMILES string of the molecule is Cc1c(CC(C)CO)c2cc(S(C)(=O)=O)ccc2n1C. The van der Waals surface area contributed by atoms with Crippen molar-refractivity contribution in [2.45, 2.75) is 25.2 Å². The van der Waals surface area contributed by atoms with Crippen LogP contribution in [0.15, 0.2) is 23.1 Å². The molecule has 2 rings (SSSR count). The molecule has 1 aromatic heterocycles. The Morgan fingerprint density at radius 3 is 2.55 bits per heavy atom. The number of benzene rings is 1. The molecular weight excluding hydrogens is 274 g/mol. The lowest BCUT2D eigenvalue weighted by molar-refractivity contribution is 0.237. The molecule has 4 nitrogen and oxygen atoms in total. The molecule has 0 aliphatic rings. The van der Waals surface area contributed by atoms with Gasteiger partial charge in [-0.15, -0.1) is 0 Å². The third-order valence-electron chi connectivity index (χ3n) is 3.89. The van der Waals surface area contributed by atoms with Gasteiger partial charge >= 0.3 is 0 Å². The Morgan fingerprint density at radius 1 is 1.35 bits per heavy atom. The molecule has 0 saturated carbocycles. The topological polar surface area (TPSA) is 59.3 Å². The predicted octanol–water partition coefficient (Wildman–Crippen LogP) is 2.06. The van der Waals surface area contributed by atoms with Crippen LogP contribution in [-0.4, -0.2) is 31.0 Å². The molecule has 5 heteroatoms. The molecule has 1 unspecified atom stereocenters. The summed E-state index contributed by atoms with van der Waals surface area (Å²) in [6.45, 7) is 4.14. The van der Waals surface area contributed by atoms with Gasteiger partial charge in [-0.05, 0) is 43.0 Å². The van der Waals surface area contributed by atoms with E-state index in [-0.39, 0.29) is 12.5 Å². The zero-order chi connectivity index (χ0) is 15.1. The molecule has 0 spiro atoms. The van der Waals surface area contributed by atoms with E-state index in [9.17, 15) is 13.5 Å². The van der Waals surface area contributed by atoms with Gasteiger partial charge in [0.05, 0.1) is 4.90 Å². The van der Waals surface area contributed by atoms with E-state index in [1.54, 1.807) is 12.1 Å². The first-order chi connectivity index (χ1) is 9.25. The van der Waals surface area contributed by atoms with E-state index in [1.165, 1.54) is 6.26 Å². The van der Waals surface area contributed by atoms with E-state index >= 15 is 0 Å². The van der Waals surface area contributed by atoms with Gasteiger partial charge < -0.3 is 9.67 Å². The van der Waals surface area contributed by atoms with Crippen molar-refractivity contribution in [1.29, 1.82) is 0 Å². The van der Waals surface area contributed by atoms with Crippen LogP contribution in [0.4, 0.5) is 0 Å². The fourth-order valence-electron chi connectivity index (χ4n) is 2.53. The molecule has 0 aliphatic heterocycles. The molecule has 1 heterocycles. The molecular formula is C15H21NO3S. The highest BCUT2D eigenvalue weighted by Crippen LogP contribution is 2.29. The van der Waals surface area contributed by atoms with E-state index in [1.807, 2.05) is 27.0 Å². The van der Waals surface area contributed by atoms with Crippen LogP contribution in [0.25, 0.3) is 10.9 Å². The number of sulfone groups is 1. The largest absolute Gasteiger partial charge is 0.396 e. The number of rotatable bonds is 4. The fraction of sp³-hybridized carbons (Fsp3) is 0.467. The Bertz CT molecular complexity index is 744. The summed E-state index contributed by atoms with van der Waals surface area (Å²) < 4.78 is 25.5. The summed E-state index contributed by atoms with van der Waals surface area (Å²) in [7, 11) is -1.23. The van der Waals surface area contributed by atoms with Gasteiger partial charge in [-0.2, -0.15) is 0 Å². The minimum atomic E-state index is -3.21. The van der Waals surface area contributed by atoms with Gasteiger partial charge in [0.25, 0.3) is 0 Å². The van der Waals surface area contributed by atoms with Gasteiger partial charge in [-0.25, -0.2) is 8.42 Å². The molecule has 0 fully saturated rings. The number of fused-ring (bicyclic) bond motifs is 1. The van der Waals surface area contributed by atoms with Gasteiger partial charge in [0, 0.05) is 36.5 Å². The van der Waals surface area contributed by atoms with Crippen LogP contribution in [-0.2, 0) is 23.3 Å². The zero-order valence-corrected chi connectivity index (χ0v) is 13.2. The highest BCUT2D eigenvalue weighted by Gasteiger charge is 2.17. The number of aryl methyl sites for hydroxylation is 1. The molecule has 110 valence electrons. The van der Waals surface area contributed by atoms with Crippen molar-refractivity contribution in [2.75, 3.05) is 12.9 Å². The summed E-state index contributed by atoms with van der Waals surface area (Å²) >= 11 is 0. The average molecular weight is 295 g/mol. The molecule has 2 aromatic rings. The lowest BCUT2D eigenvalue weighted by Gasteiger charge is -2.08. The summed E-state index contributed by atoms with van der Waals surface area (Å²) in [5, 5.41) is 10.2. The third-order valence-corrected chi connectivity index (χ3v) is 5.00. The van der Waals surface area contributed by atoms with Crippen LogP contribution in [0.3, 0.4) is 0 Å². The number of aromatic nitrogens is 1. The Kier molecular flexibility index (Phi) is 3.93. The molecule has 20 heavy (non-hydrogen) atoms. The molecule has 1 N–H and O–H groups in total. The smallest absolute Gasteiger partial charge is 0.175 e. The normalized spacial score (nSPS) is 13.8. The van der Waals surface area contributed by atoms with E-state index in [0.717, 1.165) is 28.6 Å². The van der Waals surface area contributed by atoms with Crippen molar-refractivity contribution in [3.05, 3.63) is 29.5 Å². The maximum absolute atomic E-state index is 11.7. The summed E-state index contributed by atoms with van der Waals surface area (Å²) in [5.74, 6) is 0.154. The Hall–Kier alpha value is -1.33. The van der Waals surface area contributed by atoms with Crippen LogP contribution in [0.2, 0.25) is 0 Å². The summed E-state index contributed by atoms with van der Waals surface area (Å²) in [6.07, 6.45) is 1.97. The number of aliphatic hydroxyl groups is 1. The van der Waals surface area contributed by atoms with Crippen LogP contribution < -0.4 is 0 Å². The van der Waals surface area contributed by atoms with E-state index < -0.39 is 9.84 Å². The Morgan fingerprint density at radius 2 is 2.00 bits per heavy atom. The highest BCUT2D eigenvalue weighted by atomic mass is 32.2. The summed E-state index contributed by atoms with van der Waals surface area (Å²) in [4.78, 5) is 0.341. The summed E-state index contributed by atoms with van der Waals surface area (Å²) in [5.41, 5.74) is 3.26. The molecule has 0 radical (unpaired) electrons. The standard InChI is InChI=1S/C15H21NO3S/c1-10(9-17)7-13-11(2)16(3)15-6-5-12(8-14(13)15)20(4,18)19/h5-6,8,10,17H,7,9H2,1-4H3.